The Morgan fingerprint density at radius 3 is 2.67 bits per heavy atom. The van der Waals surface area contributed by atoms with E-state index in [0.717, 1.165) is 5.56 Å². The molecule has 21 heavy (non-hydrogen) atoms. The van der Waals surface area contributed by atoms with E-state index in [1.165, 1.54) is 18.2 Å². The van der Waals surface area contributed by atoms with Gasteiger partial charge in [-0.05, 0) is 48.4 Å². The van der Waals surface area contributed by atoms with Gasteiger partial charge >= 0.3 is 0 Å². The number of methoxy groups -OCH3 is 1. The zero-order chi connectivity index (χ0) is 15.4. The number of hydrogen-bond acceptors (Lipinski definition) is 3. The number of carbonyl (C=O) groups is 1. The maximum atomic E-state index is 13.2. The third-order valence-corrected chi connectivity index (χ3v) is 3.17. The van der Waals surface area contributed by atoms with Gasteiger partial charge < -0.3 is 15.8 Å². The number of benzene rings is 2. The van der Waals surface area contributed by atoms with E-state index in [0.29, 0.717) is 29.1 Å². The molecule has 3 N–H and O–H groups in total. The van der Waals surface area contributed by atoms with Crippen LogP contribution in [0.15, 0.2) is 36.4 Å². The topological polar surface area (TPSA) is 64.3 Å². The van der Waals surface area contributed by atoms with Crippen molar-refractivity contribution in [3.63, 3.8) is 0 Å². The number of halogens is 1. The molecule has 0 saturated heterocycles. The second-order valence-corrected chi connectivity index (χ2v) is 4.72. The number of carbonyl (C=O) groups excluding carboxylic acids is 1. The summed E-state index contributed by atoms with van der Waals surface area (Å²) in [6.45, 7) is 1.96. The zero-order valence-corrected chi connectivity index (χ0v) is 11.9. The molecule has 0 radical (unpaired) electrons. The van der Waals surface area contributed by atoms with Crippen molar-refractivity contribution in [3.05, 3.63) is 58.9 Å². The Morgan fingerprint density at radius 1 is 1.29 bits per heavy atom. The van der Waals surface area contributed by atoms with Gasteiger partial charge in [0.1, 0.15) is 11.6 Å². The molecule has 2 aromatic carbocycles. The van der Waals surface area contributed by atoms with Crippen molar-refractivity contribution in [3.8, 4) is 5.75 Å². The van der Waals surface area contributed by atoms with Crippen LogP contribution in [0.4, 0.5) is 10.1 Å². The lowest BCUT2D eigenvalue weighted by Gasteiger charge is -2.09. The highest BCUT2D eigenvalue weighted by Crippen LogP contribution is 2.21. The molecule has 0 spiro atoms. The van der Waals surface area contributed by atoms with E-state index in [1.54, 1.807) is 26.2 Å². The quantitative estimate of drug-likeness (QED) is 0.850. The van der Waals surface area contributed by atoms with Crippen LogP contribution in [-0.2, 0) is 6.54 Å². The number of nitrogens with two attached hydrogens (primary N) is 1. The Hall–Kier alpha value is -2.56. The highest BCUT2D eigenvalue weighted by atomic mass is 19.1. The molecule has 0 aromatic heterocycles. The summed E-state index contributed by atoms with van der Waals surface area (Å²) in [5.74, 6) is 0.0150. The normalized spacial score (nSPS) is 10.2. The molecule has 0 unspecified atom stereocenters. The minimum atomic E-state index is -0.325. The van der Waals surface area contributed by atoms with E-state index in [1.807, 2.05) is 6.07 Å². The maximum absolute atomic E-state index is 13.2. The fourth-order valence-corrected chi connectivity index (χ4v) is 1.96. The van der Waals surface area contributed by atoms with Crippen LogP contribution < -0.4 is 15.8 Å². The Morgan fingerprint density at radius 2 is 2.05 bits per heavy atom. The number of hydrogen-bond donors (Lipinski definition) is 2. The molecular formula is C16H17FN2O2. The van der Waals surface area contributed by atoms with Crippen LogP contribution in [-0.4, -0.2) is 13.0 Å². The summed E-state index contributed by atoms with van der Waals surface area (Å²) < 4.78 is 18.2. The second-order valence-electron chi connectivity index (χ2n) is 4.72. The third kappa shape index (κ3) is 3.51. The lowest BCUT2D eigenvalue weighted by atomic mass is 10.1. The third-order valence-electron chi connectivity index (χ3n) is 3.17. The fourth-order valence-electron chi connectivity index (χ4n) is 1.96. The van der Waals surface area contributed by atoms with Gasteiger partial charge in [-0.25, -0.2) is 4.39 Å². The summed E-state index contributed by atoms with van der Waals surface area (Å²) in [6.07, 6.45) is 0. The van der Waals surface area contributed by atoms with Crippen molar-refractivity contribution in [2.45, 2.75) is 13.5 Å². The summed E-state index contributed by atoms with van der Waals surface area (Å²) in [6, 6.07) is 9.59. The predicted octanol–water partition coefficient (Wildman–Crippen LogP) is 2.65. The molecule has 0 aliphatic carbocycles. The van der Waals surface area contributed by atoms with Gasteiger partial charge in [0.05, 0.1) is 12.8 Å². The molecule has 5 heteroatoms. The highest BCUT2D eigenvalue weighted by molar-refractivity contribution is 5.94. The summed E-state index contributed by atoms with van der Waals surface area (Å²) >= 11 is 0. The number of anilines is 1. The monoisotopic (exact) mass is 288 g/mol. The average Bonchev–Trinajstić information content (AvgIpc) is 2.47. The molecule has 0 heterocycles. The zero-order valence-electron chi connectivity index (χ0n) is 11.9. The molecule has 2 aromatic rings. The molecule has 4 nitrogen and oxygen atoms in total. The predicted molar refractivity (Wildman–Crippen MR) is 79.7 cm³/mol. The lowest BCUT2D eigenvalue weighted by Crippen LogP contribution is -2.23. The molecule has 0 atom stereocenters. The largest absolute Gasteiger partial charge is 0.495 e. The molecule has 0 aliphatic rings. The number of nitrogen functional groups attached to an aromatic ring is 1. The number of ether oxygens (including phenoxy) is 1. The number of aryl methyl sites for hydroxylation is 1. The molecule has 2 rings (SSSR count). The van der Waals surface area contributed by atoms with Gasteiger partial charge in [0.15, 0.2) is 0 Å². The maximum Gasteiger partial charge on any atom is 0.251 e. The number of amides is 1. The van der Waals surface area contributed by atoms with Crippen molar-refractivity contribution >= 4 is 11.6 Å². The summed E-state index contributed by atoms with van der Waals surface area (Å²) in [5, 5.41) is 2.77. The van der Waals surface area contributed by atoms with Crippen molar-refractivity contribution in [1.82, 2.24) is 5.32 Å². The standard InChI is InChI=1S/C16H17FN2O2/c1-10-7-12(4-5-13(10)17)16(20)19-9-11-3-6-15(21-2)14(18)8-11/h3-8H,9,18H2,1-2H3,(H,19,20). The van der Waals surface area contributed by atoms with Gasteiger partial charge in [-0.3, -0.25) is 4.79 Å². The van der Waals surface area contributed by atoms with E-state index >= 15 is 0 Å². The van der Waals surface area contributed by atoms with Crippen LogP contribution in [0.25, 0.3) is 0 Å². The summed E-state index contributed by atoms with van der Waals surface area (Å²) in [7, 11) is 1.55. The first-order chi connectivity index (χ1) is 10.0. The Balaban J connectivity index is 2.03. The second kappa shape index (κ2) is 6.26. The molecule has 0 fully saturated rings. The van der Waals surface area contributed by atoms with Crippen LogP contribution in [0.5, 0.6) is 5.75 Å². The number of nitrogens with one attached hydrogen (secondary N) is 1. The highest BCUT2D eigenvalue weighted by Gasteiger charge is 2.08. The minimum Gasteiger partial charge on any atom is -0.495 e. The fraction of sp³-hybridized carbons (Fsp3) is 0.188. The van der Waals surface area contributed by atoms with Crippen molar-refractivity contribution in [2.24, 2.45) is 0 Å². The van der Waals surface area contributed by atoms with Crippen molar-refractivity contribution < 1.29 is 13.9 Å². The number of rotatable bonds is 4. The van der Waals surface area contributed by atoms with E-state index in [-0.39, 0.29) is 11.7 Å². The van der Waals surface area contributed by atoms with E-state index < -0.39 is 0 Å². The minimum absolute atomic E-state index is 0.257. The summed E-state index contributed by atoms with van der Waals surface area (Å²) in [4.78, 5) is 12.0. The SMILES string of the molecule is COc1ccc(CNC(=O)c2ccc(F)c(C)c2)cc1N. The van der Waals surface area contributed by atoms with Gasteiger partial charge in [0.2, 0.25) is 0 Å². The van der Waals surface area contributed by atoms with E-state index in [9.17, 15) is 9.18 Å². The molecule has 110 valence electrons. The first-order valence-corrected chi connectivity index (χ1v) is 6.48. The first kappa shape index (κ1) is 14.8. The van der Waals surface area contributed by atoms with Gasteiger partial charge in [-0.2, -0.15) is 0 Å². The van der Waals surface area contributed by atoms with Crippen LogP contribution in [0.3, 0.4) is 0 Å². The van der Waals surface area contributed by atoms with Gasteiger partial charge in [0, 0.05) is 12.1 Å². The van der Waals surface area contributed by atoms with Crippen LogP contribution in [0.1, 0.15) is 21.5 Å². The van der Waals surface area contributed by atoms with E-state index in [4.69, 9.17) is 10.5 Å². The van der Waals surface area contributed by atoms with Gasteiger partial charge in [-0.15, -0.1) is 0 Å². The Kier molecular flexibility index (Phi) is 4.42. The molecule has 0 aliphatic heterocycles. The first-order valence-electron chi connectivity index (χ1n) is 6.48. The smallest absolute Gasteiger partial charge is 0.251 e. The van der Waals surface area contributed by atoms with Crippen LogP contribution >= 0.6 is 0 Å². The van der Waals surface area contributed by atoms with Crippen molar-refractivity contribution in [2.75, 3.05) is 12.8 Å². The average molecular weight is 288 g/mol. The summed E-state index contributed by atoms with van der Waals surface area (Å²) in [5.41, 5.74) is 8.05. The lowest BCUT2D eigenvalue weighted by molar-refractivity contribution is 0.0951. The molecular weight excluding hydrogens is 271 g/mol. The Bertz CT molecular complexity index is 671. The van der Waals surface area contributed by atoms with Gasteiger partial charge in [0.25, 0.3) is 5.91 Å². The van der Waals surface area contributed by atoms with Gasteiger partial charge in [-0.1, -0.05) is 6.07 Å². The van der Waals surface area contributed by atoms with Crippen LogP contribution in [0.2, 0.25) is 0 Å². The van der Waals surface area contributed by atoms with Crippen LogP contribution in [0, 0.1) is 12.7 Å². The van der Waals surface area contributed by atoms with Crippen molar-refractivity contribution in [1.29, 1.82) is 0 Å². The molecule has 0 saturated carbocycles. The molecule has 1 amide bonds. The van der Waals surface area contributed by atoms with E-state index in [2.05, 4.69) is 5.32 Å². The Labute approximate surface area is 122 Å². The molecule has 0 bridgehead atoms.